The summed E-state index contributed by atoms with van der Waals surface area (Å²) in [5.74, 6) is 0.869. The van der Waals surface area contributed by atoms with Gasteiger partial charge in [-0.15, -0.1) is 11.8 Å². The summed E-state index contributed by atoms with van der Waals surface area (Å²) in [6.07, 6.45) is 0.510. The minimum atomic E-state index is -3.54. The van der Waals surface area contributed by atoms with Gasteiger partial charge in [0.15, 0.2) is 6.10 Å². The van der Waals surface area contributed by atoms with Crippen LogP contribution in [0.4, 0.5) is 11.4 Å². The third-order valence-corrected chi connectivity index (χ3v) is 6.56. The van der Waals surface area contributed by atoms with Gasteiger partial charge in [0.25, 0.3) is 5.91 Å². The topological polar surface area (TPSA) is 75.7 Å². The Morgan fingerprint density at radius 2 is 2.07 bits per heavy atom. The number of carbonyl (C=O) groups excluding carboxylic acids is 1. The van der Waals surface area contributed by atoms with Crippen molar-refractivity contribution < 1.29 is 17.9 Å². The highest BCUT2D eigenvalue weighted by Gasteiger charge is 2.31. The van der Waals surface area contributed by atoms with Crippen LogP contribution >= 0.6 is 23.4 Å². The lowest BCUT2D eigenvalue weighted by atomic mass is 10.2. The first kappa shape index (κ1) is 20.8. The van der Waals surface area contributed by atoms with E-state index in [1.807, 2.05) is 31.2 Å². The van der Waals surface area contributed by atoms with Crippen LogP contribution in [0.15, 0.2) is 47.4 Å². The molecule has 0 radical (unpaired) electrons. The van der Waals surface area contributed by atoms with Crippen molar-refractivity contribution in [2.45, 2.75) is 24.3 Å². The summed E-state index contributed by atoms with van der Waals surface area (Å²) in [7, 11) is -3.54. The fraction of sp³-hybridized carbons (Fsp3) is 0.316. The van der Waals surface area contributed by atoms with E-state index in [1.54, 1.807) is 23.9 Å². The summed E-state index contributed by atoms with van der Waals surface area (Å²) in [5, 5.41) is 3.30. The number of para-hydroxylation sites is 1. The van der Waals surface area contributed by atoms with Gasteiger partial charge in [-0.05, 0) is 36.1 Å². The monoisotopic (exact) mass is 440 g/mol. The van der Waals surface area contributed by atoms with Crippen molar-refractivity contribution in [2.75, 3.05) is 28.2 Å². The molecule has 0 bridgehead atoms. The fourth-order valence-corrected chi connectivity index (χ4v) is 4.81. The molecule has 28 heavy (non-hydrogen) atoms. The van der Waals surface area contributed by atoms with Gasteiger partial charge in [-0.1, -0.05) is 30.7 Å². The summed E-state index contributed by atoms with van der Waals surface area (Å²) in [5.41, 5.74) is 1.05. The lowest BCUT2D eigenvalue weighted by Crippen LogP contribution is -2.36. The molecular formula is C19H21ClN2O4S2. The van der Waals surface area contributed by atoms with Crippen LogP contribution in [-0.2, 0) is 14.8 Å². The predicted octanol–water partition coefficient (Wildman–Crippen LogP) is 4.01. The quantitative estimate of drug-likeness (QED) is 0.711. The van der Waals surface area contributed by atoms with Crippen molar-refractivity contribution in [3.63, 3.8) is 0 Å². The number of anilines is 2. The maximum atomic E-state index is 12.9. The maximum absolute atomic E-state index is 12.9. The van der Waals surface area contributed by atoms with E-state index >= 15 is 0 Å². The largest absolute Gasteiger partial charge is 0.478 e. The molecule has 3 rings (SSSR count). The molecule has 1 aliphatic rings. The number of ether oxygens (including phenoxy) is 1. The van der Waals surface area contributed by atoms with Crippen LogP contribution < -0.4 is 14.4 Å². The molecule has 9 heteroatoms. The number of nitrogens with one attached hydrogen (secondary N) is 1. The Hall–Kier alpha value is -1.90. The van der Waals surface area contributed by atoms with Crippen LogP contribution in [0.5, 0.6) is 5.75 Å². The van der Waals surface area contributed by atoms with Gasteiger partial charge in [-0.2, -0.15) is 0 Å². The number of benzene rings is 2. The third kappa shape index (κ3) is 4.74. The molecule has 2 aromatic rings. The average molecular weight is 441 g/mol. The third-order valence-electron chi connectivity index (χ3n) is 4.19. The molecule has 0 aliphatic carbocycles. The van der Waals surface area contributed by atoms with E-state index in [1.165, 1.54) is 10.4 Å². The molecule has 0 spiro atoms. The van der Waals surface area contributed by atoms with Gasteiger partial charge in [0.05, 0.1) is 17.6 Å². The van der Waals surface area contributed by atoms with Crippen molar-refractivity contribution in [3.05, 3.63) is 47.5 Å². The first-order valence-corrected chi connectivity index (χ1v) is 12.0. The van der Waals surface area contributed by atoms with Crippen molar-refractivity contribution in [1.29, 1.82) is 0 Å². The molecular weight excluding hydrogens is 420 g/mol. The number of halogens is 1. The van der Waals surface area contributed by atoms with Crippen molar-refractivity contribution in [1.82, 2.24) is 0 Å². The van der Waals surface area contributed by atoms with Crippen LogP contribution in [0.2, 0.25) is 5.02 Å². The Kier molecular flexibility index (Phi) is 6.42. The minimum Gasteiger partial charge on any atom is -0.478 e. The number of hydrogen-bond acceptors (Lipinski definition) is 5. The summed E-state index contributed by atoms with van der Waals surface area (Å²) in [6, 6.07) is 12.3. The molecule has 0 saturated carbocycles. The van der Waals surface area contributed by atoms with Crippen LogP contribution in [0.3, 0.4) is 0 Å². The van der Waals surface area contributed by atoms with E-state index in [0.717, 1.165) is 16.9 Å². The van der Waals surface area contributed by atoms with E-state index in [0.29, 0.717) is 22.1 Å². The van der Waals surface area contributed by atoms with Crippen molar-refractivity contribution in [2.24, 2.45) is 0 Å². The second kappa shape index (κ2) is 8.63. The number of carbonyl (C=O) groups is 1. The molecule has 0 fully saturated rings. The molecule has 1 heterocycles. The van der Waals surface area contributed by atoms with E-state index in [4.69, 9.17) is 16.3 Å². The zero-order chi connectivity index (χ0) is 20.3. The van der Waals surface area contributed by atoms with Crippen LogP contribution in [-0.4, -0.2) is 39.0 Å². The Labute approximate surface area is 174 Å². The average Bonchev–Trinajstić information content (AvgIpc) is 2.82. The van der Waals surface area contributed by atoms with Gasteiger partial charge in [0, 0.05) is 22.9 Å². The molecule has 0 saturated heterocycles. The van der Waals surface area contributed by atoms with Gasteiger partial charge in [-0.25, -0.2) is 8.42 Å². The number of hydrogen-bond donors (Lipinski definition) is 1. The number of sulfonamides is 1. The van der Waals surface area contributed by atoms with Crippen LogP contribution in [0.1, 0.15) is 13.3 Å². The van der Waals surface area contributed by atoms with E-state index in [2.05, 4.69) is 5.32 Å². The van der Waals surface area contributed by atoms with Gasteiger partial charge in [0.2, 0.25) is 10.0 Å². The Morgan fingerprint density at radius 3 is 2.79 bits per heavy atom. The van der Waals surface area contributed by atoms with Crippen LogP contribution in [0, 0.1) is 0 Å². The Bertz CT molecular complexity index is 982. The zero-order valence-electron chi connectivity index (χ0n) is 15.5. The number of thioether (sulfide) groups is 1. The molecule has 1 aliphatic heterocycles. The summed E-state index contributed by atoms with van der Waals surface area (Å²) in [6.45, 7) is 2.16. The van der Waals surface area contributed by atoms with Gasteiger partial charge >= 0.3 is 0 Å². The fourth-order valence-electron chi connectivity index (χ4n) is 2.95. The molecule has 0 aromatic heterocycles. The Balaban J connectivity index is 1.87. The molecule has 150 valence electrons. The molecule has 1 amide bonds. The minimum absolute atomic E-state index is 0.121. The highest BCUT2D eigenvalue weighted by Crippen LogP contribution is 2.36. The number of nitrogens with zero attached hydrogens (tertiary/aromatic N) is 1. The number of amides is 1. The summed E-state index contributed by atoms with van der Waals surface area (Å²) in [4.78, 5) is 13.8. The Morgan fingerprint density at radius 1 is 1.32 bits per heavy atom. The molecule has 1 N–H and O–H groups in total. The predicted molar refractivity (Wildman–Crippen MR) is 114 cm³/mol. The lowest BCUT2D eigenvalue weighted by molar-refractivity contribution is -0.122. The molecule has 6 nitrogen and oxygen atoms in total. The highest BCUT2D eigenvalue weighted by atomic mass is 35.5. The van der Waals surface area contributed by atoms with Gasteiger partial charge in [0.1, 0.15) is 5.75 Å². The number of rotatable bonds is 5. The smallest absolute Gasteiger partial charge is 0.265 e. The second-order valence-corrected chi connectivity index (χ2v) is 9.91. The molecule has 2 aromatic carbocycles. The SMILES string of the molecule is CCSc1ccccc1NC(=O)[C@@H]1CCN(S(C)(=O)=O)c2cc(Cl)ccc2O1. The standard InChI is InChI=1S/C19H21ClN2O4S2/c1-3-27-18-7-5-4-6-14(18)21-19(23)17-10-11-22(28(2,24)25)15-12-13(20)8-9-16(15)26-17/h4-9,12,17H,3,10-11H2,1-2H3,(H,21,23)/t17-/m0/s1. The van der Waals surface area contributed by atoms with Crippen molar-refractivity contribution in [3.8, 4) is 5.75 Å². The van der Waals surface area contributed by atoms with E-state index < -0.39 is 16.1 Å². The normalized spacial score (nSPS) is 16.7. The van der Waals surface area contributed by atoms with E-state index in [9.17, 15) is 13.2 Å². The molecule has 0 unspecified atom stereocenters. The summed E-state index contributed by atoms with van der Waals surface area (Å²) < 4.78 is 31.6. The van der Waals surface area contributed by atoms with Gasteiger partial charge in [-0.3, -0.25) is 9.10 Å². The summed E-state index contributed by atoms with van der Waals surface area (Å²) >= 11 is 7.67. The van der Waals surface area contributed by atoms with Gasteiger partial charge < -0.3 is 10.1 Å². The number of fused-ring (bicyclic) bond motifs is 1. The van der Waals surface area contributed by atoms with Crippen molar-refractivity contribution >= 4 is 50.7 Å². The first-order valence-electron chi connectivity index (χ1n) is 8.76. The van der Waals surface area contributed by atoms with Crippen LogP contribution in [0.25, 0.3) is 0 Å². The maximum Gasteiger partial charge on any atom is 0.265 e. The molecule has 1 atom stereocenters. The first-order chi connectivity index (χ1) is 13.3. The zero-order valence-corrected chi connectivity index (χ0v) is 17.9. The highest BCUT2D eigenvalue weighted by molar-refractivity contribution is 7.99. The lowest BCUT2D eigenvalue weighted by Gasteiger charge is -2.21. The van der Waals surface area contributed by atoms with E-state index in [-0.39, 0.29) is 18.9 Å². The second-order valence-electron chi connectivity index (χ2n) is 6.26.